The normalized spacial score (nSPS) is 15.2. The summed E-state index contributed by atoms with van der Waals surface area (Å²) in [7, 11) is 0. The molecule has 140 valence electrons. The van der Waals surface area contributed by atoms with Crippen LogP contribution in [0.4, 0.5) is 0 Å². The van der Waals surface area contributed by atoms with Crippen LogP contribution in [0.25, 0.3) is 5.82 Å². The third-order valence-electron chi connectivity index (χ3n) is 4.85. The van der Waals surface area contributed by atoms with Crippen LogP contribution in [-0.2, 0) is 6.54 Å². The SMILES string of the molecule is Cc1cc(C(=O)N2CCC(Cn3nc(-n4cccn4)ccc3=O)CC2)n[nH]1. The molecule has 9 nitrogen and oxygen atoms in total. The Balaban J connectivity index is 1.40. The topological polar surface area (TPSA) is 102 Å². The van der Waals surface area contributed by atoms with Gasteiger partial charge in [0.05, 0.1) is 0 Å². The van der Waals surface area contributed by atoms with Gasteiger partial charge in [-0.1, -0.05) is 0 Å². The molecule has 1 aliphatic rings. The van der Waals surface area contributed by atoms with Gasteiger partial charge in [-0.15, -0.1) is 5.10 Å². The monoisotopic (exact) mass is 367 g/mol. The number of nitrogens with zero attached hydrogens (tertiary/aromatic N) is 6. The molecule has 0 unspecified atom stereocenters. The highest BCUT2D eigenvalue weighted by Crippen LogP contribution is 2.20. The van der Waals surface area contributed by atoms with Crippen LogP contribution in [0, 0.1) is 12.8 Å². The zero-order valence-electron chi connectivity index (χ0n) is 15.1. The summed E-state index contributed by atoms with van der Waals surface area (Å²) in [6.07, 6.45) is 5.12. The van der Waals surface area contributed by atoms with E-state index >= 15 is 0 Å². The minimum absolute atomic E-state index is 0.0474. The summed E-state index contributed by atoms with van der Waals surface area (Å²) >= 11 is 0. The second-order valence-electron chi connectivity index (χ2n) is 6.83. The van der Waals surface area contributed by atoms with Crippen molar-refractivity contribution in [3.63, 3.8) is 0 Å². The fourth-order valence-electron chi connectivity index (χ4n) is 3.35. The van der Waals surface area contributed by atoms with E-state index in [0.717, 1.165) is 18.5 Å². The maximum Gasteiger partial charge on any atom is 0.274 e. The number of aromatic amines is 1. The van der Waals surface area contributed by atoms with Gasteiger partial charge < -0.3 is 4.90 Å². The Labute approximate surface area is 155 Å². The van der Waals surface area contributed by atoms with Crippen LogP contribution in [0.5, 0.6) is 0 Å². The predicted octanol–water partition coefficient (Wildman–Crippen LogP) is 1.01. The first-order valence-corrected chi connectivity index (χ1v) is 8.99. The number of H-pyrrole nitrogens is 1. The number of carbonyl (C=O) groups excluding carboxylic acids is 1. The summed E-state index contributed by atoms with van der Waals surface area (Å²) in [4.78, 5) is 26.5. The zero-order valence-corrected chi connectivity index (χ0v) is 15.1. The van der Waals surface area contributed by atoms with Crippen LogP contribution in [0.2, 0.25) is 0 Å². The lowest BCUT2D eigenvalue weighted by atomic mass is 9.96. The molecule has 3 aromatic heterocycles. The van der Waals surface area contributed by atoms with E-state index in [1.807, 2.05) is 17.9 Å². The third kappa shape index (κ3) is 3.67. The number of nitrogens with one attached hydrogen (secondary N) is 1. The molecule has 3 aromatic rings. The molecule has 0 aromatic carbocycles. The highest BCUT2D eigenvalue weighted by atomic mass is 16.2. The van der Waals surface area contributed by atoms with Crippen LogP contribution < -0.4 is 5.56 Å². The Morgan fingerprint density at radius 1 is 1.30 bits per heavy atom. The van der Waals surface area contributed by atoms with Crippen molar-refractivity contribution in [1.82, 2.24) is 34.7 Å². The molecule has 1 amide bonds. The predicted molar refractivity (Wildman–Crippen MR) is 97.6 cm³/mol. The number of aromatic nitrogens is 6. The molecule has 1 fully saturated rings. The Morgan fingerprint density at radius 3 is 2.78 bits per heavy atom. The number of hydrogen-bond acceptors (Lipinski definition) is 5. The largest absolute Gasteiger partial charge is 0.337 e. The van der Waals surface area contributed by atoms with E-state index in [4.69, 9.17) is 0 Å². The van der Waals surface area contributed by atoms with Gasteiger partial charge in [0.2, 0.25) is 0 Å². The number of carbonyl (C=O) groups is 1. The molecular weight excluding hydrogens is 346 g/mol. The lowest BCUT2D eigenvalue weighted by molar-refractivity contribution is 0.0674. The van der Waals surface area contributed by atoms with E-state index < -0.39 is 0 Å². The van der Waals surface area contributed by atoms with E-state index in [-0.39, 0.29) is 11.5 Å². The Kier molecular flexibility index (Phi) is 4.57. The molecule has 1 saturated heterocycles. The van der Waals surface area contributed by atoms with E-state index in [9.17, 15) is 9.59 Å². The van der Waals surface area contributed by atoms with E-state index in [1.165, 1.54) is 10.7 Å². The number of likely N-dealkylation sites (tertiary alicyclic amines) is 1. The van der Waals surface area contributed by atoms with Gasteiger partial charge in [0.1, 0.15) is 5.69 Å². The lowest BCUT2D eigenvalue weighted by Gasteiger charge is -2.31. The molecule has 0 radical (unpaired) electrons. The fourth-order valence-corrected chi connectivity index (χ4v) is 3.35. The van der Waals surface area contributed by atoms with Crippen LogP contribution in [-0.4, -0.2) is 53.7 Å². The van der Waals surface area contributed by atoms with Crippen molar-refractivity contribution in [3.8, 4) is 5.82 Å². The molecule has 1 aliphatic heterocycles. The molecule has 4 heterocycles. The summed E-state index contributed by atoms with van der Waals surface area (Å²) in [5.41, 5.74) is 1.20. The molecule has 0 saturated carbocycles. The van der Waals surface area contributed by atoms with Gasteiger partial charge in [0.25, 0.3) is 11.5 Å². The van der Waals surface area contributed by atoms with Crippen LogP contribution in [0.15, 0.2) is 41.5 Å². The number of amides is 1. The van der Waals surface area contributed by atoms with Crippen molar-refractivity contribution < 1.29 is 4.79 Å². The summed E-state index contributed by atoms with van der Waals surface area (Å²) in [5.74, 6) is 0.864. The molecule has 0 spiro atoms. The van der Waals surface area contributed by atoms with Gasteiger partial charge >= 0.3 is 0 Å². The van der Waals surface area contributed by atoms with Crippen molar-refractivity contribution >= 4 is 5.91 Å². The van der Waals surface area contributed by atoms with Crippen LogP contribution in [0.1, 0.15) is 29.0 Å². The van der Waals surface area contributed by atoms with Crippen molar-refractivity contribution in [2.75, 3.05) is 13.1 Å². The van der Waals surface area contributed by atoms with E-state index in [2.05, 4.69) is 20.4 Å². The second kappa shape index (κ2) is 7.18. The van der Waals surface area contributed by atoms with Gasteiger partial charge in [-0.25, -0.2) is 9.36 Å². The highest BCUT2D eigenvalue weighted by Gasteiger charge is 2.25. The molecular formula is C18H21N7O2. The first kappa shape index (κ1) is 17.2. The summed E-state index contributed by atoms with van der Waals surface area (Å²) in [6.45, 7) is 3.72. The molecule has 4 rings (SSSR count). The first-order valence-electron chi connectivity index (χ1n) is 8.99. The molecule has 9 heteroatoms. The Bertz CT molecular complexity index is 981. The summed E-state index contributed by atoms with van der Waals surface area (Å²) in [5, 5.41) is 15.4. The van der Waals surface area contributed by atoms with Crippen molar-refractivity contribution in [3.05, 3.63) is 58.4 Å². The molecule has 1 N–H and O–H groups in total. The Morgan fingerprint density at radius 2 is 2.11 bits per heavy atom. The smallest absolute Gasteiger partial charge is 0.274 e. The third-order valence-corrected chi connectivity index (χ3v) is 4.85. The minimum Gasteiger partial charge on any atom is -0.337 e. The van der Waals surface area contributed by atoms with E-state index in [0.29, 0.717) is 37.1 Å². The first-order chi connectivity index (χ1) is 13.1. The number of rotatable bonds is 4. The number of aryl methyl sites for hydroxylation is 1. The molecule has 0 atom stereocenters. The lowest BCUT2D eigenvalue weighted by Crippen LogP contribution is -2.40. The standard InChI is InChI=1S/C18H21N7O2/c1-13-11-15(21-20-13)18(27)23-9-5-14(6-10-23)12-25-17(26)4-3-16(22-25)24-8-2-7-19-24/h2-4,7-8,11,14H,5-6,9-10,12H2,1H3,(H,20,21). The van der Waals surface area contributed by atoms with Gasteiger partial charge in [0.15, 0.2) is 5.82 Å². The molecule has 0 aliphatic carbocycles. The maximum atomic E-state index is 12.5. The summed E-state index contributed by atoms with van der Waals surface area (Å²) < 4.78 is 3.12. The van der Waals surface area contributed by atoms with Gasteiger partial charge in [-0.05, 0) is 43.9 Å². The van der Waals surface area contributed by atoms with Crippen molar-refractivity contribution in [2.24, 2.45) is 5.92 Å². The van der Waals surface area contributed by atoms with Crippen LogP contribution in [0.3, 0.4) is 0 Å². The number of hydrogen-bond donors (Lipinski definition) is 1. The average molecular weight is 367 g/mol. The van der Waals surface area contributed by atoms with Crippen molar-refractivity contribution in [2.45, 2.75) is 26.3 Å². The highest BCUT2D eigenvalue weighted by molar-refractivity contribution is 5.92. The minimum atomic E-state index is -0.128. The fraction of sp³-hybridized carbons (Fsp3) is 0.389. The quantitative estimate of drug-likeness (QED) is 0.742. The van der Waals surface area contributed by atoms with Gasteiger partial charge in [0, 0.05) is 43.8 Å². The van der Waals surface area contributed by atoms with Gasteiger partial charge in [-0.2, -0.15) is 10.2 Å². The van der Waals surface area contributed by atoms with Gasteiger partial charge in [-0.3, -0.25) is 14.7 Å². The van der Waals surface area contributed by atoms with Crippen molar-refractivity contribution in [1.29, 1.82) is 0 Å². The summed E-state index contributed by atoms with van der Waals surface area (Å²) in [6, 6.07) is 6.75. The van der Waals surface area contributed by atoms with Crippen LogP contribution >= 0.6 is 0 Å². The molecule has 0 bridgehead atoms. The second-order valence-corrected chi connectivity index (χ2v) is 6.83. The number of piperidine rings is 1. The van der Waals surface area contributed by atoms with E-state index in [1.54, 1.807) is 29.2 Å². The zero-order chi connectivity index (χ0) is 18.8. The average Bonchev–Trinajstić information content (AvgIpc) is 3.35. The maximum absolute atomic E-state index is 12.5. The molecule has 27 heavy (non-hydrogen) atoms. The Hall–Kier alpha value is -3.23.